The maximum atomic E-state index is 11.2. The molecule has 0 atom stereocenters. The molecule has 0 spiro atoms. The van der Waals surface area contributed by atoms with Crippen molar-refractivity contribution in [3.05, 3.63) is 0 Å². The van der Waals surface area contributed by atoms with E-state index in [0.29, 0.717) is 18.1 Å². The predicted octanol–water partition coefficient (Wildman–Crippen LogP) is 1.91. The Morgan fingerprint density at radius 1 is 1.50 bits per heavy atom. The molecule has 0 radical (unpaired) electrons. The lowest BCUT2D eigenvalue weighted by atomic mass is 9.99. The Hall–Kier alpha value is -0.370. The molecular formula is C10H18O2. The van der Waals surface area contributed by atoms with E-state index in [1.807, 2.05) is 0 Å². The third kappa shape index (κ3) is 3.86. The van der Waals surface area contributed by atoms with Crippen molar-refractivity contribution in [1.29, 1.82) is 0 Å². The lowest BCUT2D eigenvalue weighted by Gasteiger charge is -2.15. The second kappa shape index (κ2) is 3.56. The third-order valence-electron chi connectivity index (χ3n) is 2.24. The van der Waals surface area contributed by atoms with E-state index in [2.05, 4.69) is 0 Å². The molecule has 0 aromatic heterocycles. The van der Waals surface area contributed by atoms with Crippen molar-refractivity contribution in [2.24, 2.45) is 5.92 Å². The van der Waals surface area contributed by atoms with Gasteiger partial charge in [-0.25, -0.2) is 0 Å². The topological polar surface area (TPSA) is 37.3 Å². The normalized spacial score (nSPS) is 17.9. The van der Waals surface area contributed by atoms with Gasteiger partial charge < -0.3 is 5.11 Å². The monoisotopic (exact) mass is 170 g/mol. The van der Waals surface area contributed by atoms with Gasteiger partial charge in [0.05, 0.1) is 5.60 Å². The summed E-state index contributed by atoms with van der Waals surface area (Å²) < 4.78 is 0. The second-order valence-corrected chi connectivity index (χ2v) is 4.41. The van der Waals surface area contributed by atoms with Crippen LogP contribution in [0.3, 0.4) is 0 Å². The molecule has 0 heterocycles. The highest BCUT2D eigenvalue weighted by molar-refractivity contribution is 5.83. The summed E-state index contributed by atoms with van der Waals surface area (Å²) in [5, 5.41) is 9.37. The van der Waals surface area contributed by atoms with Gasteiger partial charge in [-0.2, -0.15) is 0 Å². The fourth-order valence-corrected chi connectivity index (χ4v) is 1.30. The van der Waals surface area contributed by atoms with Gasteiger partial charge in [0.1, 0.15) is 5.78 Å². The van der Waals surface area contributed by atoms with Gasteiger partial charge in [-0.1, -0.05) is 0 Å². The van der Waals surface area contributed by atoms with Gasteiger partial charge in [0.25, 0.3) is 0 Å². The highest BCUT2D eigenvalue weighted by atomic mass is 16.3. The van der Waals surface area contributed by atoms with Gasteiger partial charge in [-0.3, -0.25) is 4.79 Å². The molecular weight excluding hydrogens is 152 g/mol. The SMILES string of the molecule is CC(C)(O)CCCC(=O)C1CC1. The highest BCUT2D eigenvalue weighted by Gasteiger charge is 2.28. The number of hydrogen-bond donors (Lipinski definition) is 1. The van der Waals surface area contributed by atoms with E-state index in [1.54, 1.807) is 13.8 Å². The zero-order valence-electron chi connectivity index (χ0n) is 7.97. The van der Waals surface area contributed by atoms with Gasteiger partial charge in [-0.05, 0) is 39.5 Å². The highest BCUT2D eigenvalue weighted by Crippen LogP contribution is 2.31. The lowest BCUT2D eigenvalue weighted by Crippen LogP contribution is -2.18. The molecule has 0 unspecified atom stereocenters. The molecule has 70 valence electrons. The molecule has 0 aromatic rings. The van der Waals surface area contributed by atoms with Crippen LogP contribution in [0.5, 0.6) is 0 Å². The lowest BCUT2D eigenvalue weighted by molar-refractivity contribution is -0.120. The Morgan fingerprint density at radius 3 is 2.50 bits per heavy atom. The summed E-state index contributed by atoms with van der Waals surface area (Å²) in [4.78, 5) is 11.2. The van der Waals surface area contributed by atoms with Crippen LogP contribution < -0.4 is 0 Å². The van der Waals surface area contributed by atoms with Crippen LogP contribution in [0, 0.1) is 5.92 Å². The van der Waals surface area contributed by atoms with Gasteiger partial charge in [0.15, 0.2) is 0 Å². The van der Waals surface area contributed by atoms with Gasteiger partial charge in [-0.15, -0.1) is 0 Å². The van der Waals surface area contributed by atoms with E-state index in [4.69, 9.17) is 0 Å². The fourth-order valence-electron chi connectivity index (χ4n) is 1.30. The van der Waals surface area contributed by atoms with Crippen molar-refractivity contribution < 1.29 is 9.90 Å². The average Bonchev–Trinajstić information content (AvgIpc) is 2.64. The van der Waals surface area contributed by atoms with Gasteiger partial charge >= 0.3 is 0 Å². The molecule has 2 heteroatoms. The quantitative estimate of drug-likeness (QED) is 0.684. The molecule has 1 fully saturated rings. The number of ketones is 1. The Morgan fingerprint density at radius 2 is 2.08 bits per heavy atom. The number of rotatable bonds is 5. The van der Waals surface area contributed by atoms with E-state index in [9.17, 15) is 9.90 Å². The molecule has 1 N–H and O–H groups in total. The maximum absolute atomic E-state index is 11.2. The standard InChI is InChI=1S/C10H18O2/c1-10(2,12)7-3-4-9(11)8-5-6-8/h8,12H,3-7H2,1-2H3. The number of aliphatic hydroxyl groups is 1. The summed E-state index contributed by atoms with van der Waals surface area (Å²) in [6.45, 7) is 3.57. The smallest absolute Gasteiger partial charge is 0.135 e. The molecule has 0 aliphatic heterocycles. The first-order valence-electron chi connectivity index (χ1n) is 4.74. The molecule has 1 aliphatic rings. The Bertz CT molecular complexity index is 163. The van der Waals surface area contributed by atoms with E-state index in [1.165, 1.54) is 0 Å². The second-order valence-electron chi connectivity index (χ2n) is 4.41. The summed E-state index contributed by atoms with van der Waals surface area (Å²) in [6.07, 6.45) is 4.42. The minimum absolute atomic E-state index is 0.381. The minimum atomic E-state index is -0.607. The van der Waals surface area contributed by atoms with Crippen LogP contribution in [0.15, 0.2) is 0 Å². The first kappa shape index (κ1) is 9.72. The first-order chi connectivity index (χ1) is 5.49. The zero-order valence-corrected chi connectivity index (χ0v) is 7.97. The van der Waals surface area contributed by atoms with E-state index < -0.39 is 5.60 Å². The summed E-state index contributed by atoms with van der Waals surface area (Å²) in [5.74, 6) is 0.783. The number of carbonyl (C=O) groups excluding carboxylic acids is 1. The molecule has 0 bridgehead atoms. The maximum Gasteiger partial charge on any atom is 0.135 e. The van der Waals surface area contributed by atoms with Crippen LogP contribution in [0.4, 0.5) is 0 Å². The van der Waals surface area contributed by atoms with Crippen LogP contribution in [-0.2, 0) is 4.79 Å². The Balaban J connectivity index is 2.05. The largest absolute Gasteiger partial charge is 0.390 e. The molecule has 1 aliphatic carbocycles. The number of hydrogen-bond acceptors (Lipinski definition) is 2. The van der Waals surface area contributed by atoms with Crippen LogP contribution in [-0.4, -0.2) is 16.5 Å². The molecule has 1 saturated carbocycles. The van der Waals surface area contributed by atoms with Crippen LogP contribution in [0.25, 0.3) is 0 Å². The molecule has 0 aromatic carbocycles. The summed E-state index contributed by atoms with van der Waals surface area (Å²) >= 11 is 0. The van der Waals surface area contributed by atoms with E-state index >= 15 is 0 Å². The fraction of sp³-hybridized carbons (Fsp3) is 0.900. The summed E-state index contributed by atoms with van der Waals surface area (Å²) in [5.41, 5.74) is -0.607. The molecule has 12 heavy (non-hydrogen) atoms. The van der Waals surface area contributed by atoms with Crippen LogP contribution in [0.2, 0.25) is 0 Å². The van der Waals surface area contributed by atoms with Crippen LogP contribution >= 0.6 is 0 Å². The van der Waals surface area contributed by atoms with Gasteiger partial charge in [0.2, 0.25) is 0 Å². The predicted molar refractivity (Wildman–Crippen MR) is 47.9 cm³/mol. The third-order valence-corrected chi connectivity index (χ3v) is 2.24. The van der Waals surface area contributed by atoms with Crippen molar-refractivity contribution in [1.82, 2.24) is 0 Å². The summed E-state index contributed by atoms with van der Waals surface area (Å²) in [6, 6.07) is 0. The van der Waals surface area contributed by atoms with Crippen molar-refractivity contribution >= 4 is 5.78 Å². The molecule has 0 saturated heterocycles. The van der Waals surface area contributed by atoms with E-state index in [0.717, 1.165) is 25.7 Å². The summed E-state index contributed by atoms with van der Waals surface area (Å²) in [7, 11) is 0. The van der Waals surface area contributed by atoms with Crippen molar-refractivity contribution in [3.63, 3.8) is 0 Å². The number of carbonyl (C=O) groups is 1. The first-order valence-corrected chi connectivity index (χ1v) is 4.74. The van der Waals surface area contributed by atoms with Gasteiger partial charge in [0, 0.05) is 12.3 Å². The Labute approximate surface area is 74.0 Å². The Kier molecular flexibility index (Phi) is 2.89. The molecule has 1 rings (SSSR count). The molecule has 2 nitrogen and oxygen atoms in total. The van der Waals surface area contributed by atoms with Crippen molar-refractivity contribution in [2.45, 2.75) is 51.6 Å². The molecule has 0 amide bonds. The number of Topliss-reactive ketones (excluding diaryl/α,β-unsaturated/α-hetero) is 1. The van der Waals surface area contributed by atoms with Crippen LogP contribution in [0.1, 0.15) is 46.0 Å². The average molecular weight is 170 g/mol. The van der Waals surface area contributed by atoms with Crippen molar-refractivity contribution in [3.8, 4) is 0 Å². The van der Waals surface area contributed by atoms with E-state index in [-0.39, 0.29) is 0 Å². The minimum Gasteiger partial charge on any atom is -0.390 e. The van der Waals surface area contributed by atoms with Crippen molar-refractivity contribution in [2.75, 3.05) is 0 Å². The zero-order chi connectivity index (χ0) is 9.19.